The van der Waals surface area contributed by atoms with Crippen LogP contribution >= 0.6 is 15.9 Å². The molecular weight excluding hydrogens is 324 g/mol. The fraction of sp³-hybridized carbons (Fsp3) is 0.143. The van der Waals surface area contributed by atoms with Crippen molar-refractivity contribution in [2.24, 2.45) is 0 Å². The maximum absolute atomic E-state index is 10.6. The van der Waals surface area contributed by atoms with Gasteiger partial charge in [0.15, 0.2) is 0 Å². The Morgan fingerprint density at radius 2 is 1.95 bits per heavy atom. The predicted octanol–water partition coefficient (Wildman–Crippen LogP) is 3.87. The highest BCUT2D eigenvalue weighted by Gasteiger charge is 2.08. The molecule has 0 aliphatic heterocycles. The lowest BCUT2D eigenvalue weighted by molar-refractivity contribution is -0.384. The molecule has 2 aromatic rings. The smallest absolute Gasteiger partial charge is 0.269 e. The summed E-state index contributed by atoms with van der Waals surface area (Å²) in [5.74, 6) is 1.27. The molecule has 0 saturated carbocycles. The molecular formula is C14H13BrN2O3. The minimum atomic E-state index is -0.435. The van der Waals surface area contributed by atoms with Crippen LogP contribution < -0.4 is 10.1 Å². The first kappa shape index (κ1) is 14.5. The Kier molecular flexibility index (Phi) is 4.70. The molecule has 0 aromatic heterocycles. The number of hydrogen-bond donors (Lipinski definition) is 1. The zero-order valence-electron chi connectivity index (χ0n) is 10.8. The maximum Gasteiger partial charge on any atom is 0.269 e. The highest BCUT2D eigenvalue weighted by Crippen LogP contribution is 2.29. The number of rotatable bonds is 5. The van der Waals surface area contributed by atoms with Crippen LogP contribution in [0.1, 0.15) is 5.56 Å². The Morgan fingerprint density at radius 1 is 1.25 bits per heavy atom. The molecule has 104 valence electrons. The lowest BCUT2D eigenvalue weighted by atomic mass is 10.2. The molecule has 0 heterocycles. The molecule has 0 aliphatic carbocycles. The van der Waals surface area contributed by atoms with Gasteiger partial charge in [0, 0.05) is 28.7 Å². The van der Waals surface area contributed by atoms with Crippen LogP contribution in [-0.4, -0.2) is 12.0 Å². The zero-order chi connectivity index (χ0) is 14.5. The second-order valence-electron chi connectivity index (χ2n) is 4.14. The molecule has 0 atom stereocenters. The molecule has 0 unspecified atom stereocenters. The highest BCUT2D eigenvalue weighted by atomic mass is 79.9. The molecule has 0 spiro atoms. The van der Waals surface area contributed by atoms with Crippen molar-refractivity contribution >= 4 is 21.6 Å². The van der Waals surface area contributed by atoms with Gasteiger partial charge in [0.2, 0.25) is 0 Å². The first-order valence-electron chi connectivity index (χ1n) is 5.95. The Morgan fingerprint density at radius 3 is 2.55 bits per heavy atom. The van der Waals surface area contributed by atoms with E-state index in [1.807, 2.05) is 25.2 Å². The monoisotopic (exact) mass is 336 g/mol. The lowest BCUT2D eigenvalue weighted by Gasteiger charge is -2.11. The van der Waals surface area contributed by atoms with Gasteiger partial charge in [0.25, 0.3) is 5.69 Å². The second-order valence-corrected chi connectivity index (χ2v) is 5.05. The number of benzene rings is 2. The zero-order valence-corrected chi connectivity index (χ0v) is 12.4. The van der Waals surface area contributed by atoms with E-state index in [0.717, 1.165) is 10.0 Å². The first-order valence-corrected chi connectivity index (χ1v) is 6.75. The summed E-state index contributed by atoms with van der Waals surface area (Å²) >= 11 is 3.40. The SMILES string of the molecule is CNCc1ccc(Br)cc1Oc1ccc([N+](=O)[O-])cc1. The van der Waals surface area contributed by atoms with E-state index in [-0.39, 0.29) is 5.69 Å². The predicted molar refractivity (Wildman–Crippen MR) is 80.1 cm³/mol. The van der Waals surface area contributed by atoms with E-state index in [2.05, 4.69) is 21.2 Å². The molecule has 6 heteroatoms. The summed E-state index contributed by atoms with van der Waals surface area (Å²) in [5, 5.41) is 13.7. The molecule has 20 heavy (non-hydrogen) atoms. The van der Waals surface area contributed by atoms with Crippen molar-refractivity contribution in [3.63, 3.8) is 0 Å². The van der Waals surface area contributed by atoms with Crippen LogP contribution in [0.3, 0.4) is 0 Å². The van der Waals surface area contributed by atoms with Crippen molar-refractivity contribution < 1.29 is 9.66 Å². The van der Waals surface area contributed by atoms with Crippen LogP contribution in [0.5, 0.6) is 11.5 Å². The summed E-state index contributed by atoms with van der Waals surface area (Å²) in [7, 11) is 1.86. The molecule has 2 rings (SSSR count). The lowest BCUT2D eigenvalue weighted by Crippen LogP contribution is -2.06. The molecule has 0 amide bonds. The third-order valence-corrected chi connectivity index (χ3v) is 3.17. The number of nitro groups is 1. The van der Waals surface area contributed by atoms with Crippen LogP contribution in [-0.2, 0) is 6.54 Å². The summed E-state index contributed by atoms with van der Waals surface area (Å²) in [6.07, 6.45) is 0. The normalized spacial score (nSPS) is 10.3. The summed E-state index contributed by atoms with van der Waals surface area (Å²) < 4.78 is 6.70. The summed E-state index contributed by atoms with van der Waals surface area (Å²) in [6.45, 7) is 0.676. The molecule has 1 N–H and O–H groups in total. The fourth-order valence-electron chi connectivity index (χ4n) is 1.72. The number of halogens is 1. The third-order valence-electron chi connectivity index (χ3n) is 2.67. The van der Waals surface area contributed by atoms with Crippen molar-refractivity contribution in [2.75, 3.05) is 7.05 Å². The molecule has 5 nitrogen and oxygen atoms in total. The molecule has 0 aliphatic rings. The third kappa shape index (κ3) is 3.55. The Labute approximate surface area is 124 Å². The van der Waals surface area contributed by atoms with Crippen molar-refractivity contribution in [1.29, 1.82) is 0 Å². The number of nitro benzene ring substituents is 1. The minimum absolute atomic E-state index is 0.0436. The Balaban J connectivity index is 2.24. The van der Waals surface area contributed by atoms with Crippen molar-refractivity contribution in [3.05, 3.63) is 62.6 Å². The molecule has 0 radical (unpaired) electrons. The highest BCUT2D eigenvalue weighted by molar-refractivity contribution is 9.10. The Hall–Kier alpha value is -1.92. The van der Waals surface area contributed by atoms with Gasteiger partial charge < -0.3 is 10.1 Å². The van der Waals surface area contributed by atoms with Crippen molar-refractivity contribution in [3.8, 4) is 11.5 Å². The van der Waals surface area contributed by atoms with E-state index in [1.54, 1.807) is 12.1 Å². The van der Waals surface area contributed by atoms with Crippen LogP contribution in [0.2, 0.25) is 0 Å². The standard InChI is InChI=1S/C14H13BrN2O3/c1-16-9-10-2-3-11(15)8-14(10)20-13-6-4-12(5-7-13)17(18)19/h2-8,16H,9H2,1H3. The number of nitrogens with zero attached hydrogens (tertiary/aromatic N) is 1. The molecule has 2 aromatic carbocycles. The van der Waals surface area contributed by atoms with E-state index in [1.165, 1.54) is 12.1 Å². The maximum atomic E-state index is 10.6. The number of ether oxygens (including phenoxy) is 1. The van der Waals surface area contributed by atoms with Gasteiger partial charge in [-0.3, -0.25) is 10.1 Å². The number of hydrogen-bond acceptors (Lipinski definition) is 4. The van der Waals surface area contributed by atoms with E-state index in [4.69, 9.17) is 4.74 Å². The van der Waals surface area contributed by atoms with Crippen LogP contribution in [0.4, 0.5) is 5.69 Å². The van der Waals surface area contributed by atoms with Crippen LogP contribution in [0.15, 0.2) is 46.9 Å². The summed E-state index contributed by atoms with van der Waals surface area (Å²) in [5.41, 5.74) is 1.05. The van der Waals surface area contributed by atoms with Gasteiger partial charge in [0.1, 0.15) is 11.5 Å². The van der Waals surface area contributed by atoms with E-state index in [0.29, 0.717) is 18.0 Å². The summed E-state index contributed by atoms with van der Waals surface area (Å²) in [4.78, 5) is 10.2. The van der Waals surface area contributed by atoms with E-state index < -0.39 is 4.92 Å². The van der Waals surface area contributed by atoms with Crippen molar-refractivity contribution in [1.82, 2.24) is 5.32 Å². The fourth-order valence-corrected chi connectivity index (χ4v) is 2.06. The molecule has 0 saturated heterocycles. The van der Waals surface area contributed by atoms with Crippen molar-refractivity contribution in [2.45, 2.75) is 6.54 Å². The minimum Gasteiger partial charge on any atom is -0.457 e. The van der Waals surface area contributed by atoms with Gasteiger partial charge in [-0.05, 0) is 31.3 Å². The average Bonchev–Trinajstić information content (AvgIpc) is 2.42. The van der Waals surface area contributed by atoms with E-state index in [9.17, 15) is 10.1 Å². The second kappa shape index (κ2) is 6.49. The van der Waals surface area contributed by atoms with Crippen LogP contribution in [0, 0.1) is 10.1 Å². The van der Waals surface area contributed by atoms with Gasteiger partial charge in [-0.1, -0.05) is 22.0 Å². The molecule has 0 bridgehead atoms. The largest absolute Gasteiger partial charge is 0.457 e. The topological polar surface area (TPSA) is 64.4 Å². The summed E-state index contributed by atoms with van der Waals surface area (Å²) in [6, 6.07) is 11.8. The number of non-ortho nitro benzene ring substituents is 1. The van der Waals surface area contributed by atoms with E-state index >= 15 is 0 Å². The number of nitrogens with one attached hydrogen (secondary N) is 1. The van der Waals surface area contributed by atoms with Gasteiger partial charge in [0.05, 0.1) is 4.92 Å². The Bertz CT molecular complexity index is 614. The van der Waals surface area contributed by atoms with Crippen LogP contribution in [0.25, 0.3) is 0 Å². The first-order chi connectivity index (χ1) is 9.60. The van der Waals surface area contributed by atoms with Gasteiger partial charge in [-0.15, -0.1) is 0 Å². The average molecular weight is 337 g/mol. The van der Waals surface area contributed by atoms with Gasteiger partial charge in [-0.25, -0.2) is 0 Å². The molecule has 0 fully saturated rings. The quantitative estimate of drug-likeness (QED) is 0.664. The van der Waals surface area contributed by atoms with Gasteiger partial charge >= 0.3 is 0 Å². The van der Waals surface area contributed by atoms with Gasteiger partial charge in [-0.2, -0.15) is 0 Å².